The number of aromatic hydroxyl groups is 1. The topological polar surface area (TPSA) is 43.8 Å². The molecule has 1 aliphatic rings. The van der Waals surface area contributed by atoms with Crippen molar-refractivity contribution in [2.75, 3.05) is 18.0 Å². The lowest BCUT2D eigenvalue weighted by atomic mass is 9.99. The predicted octanol–water partition coefficient (Wildman–Crippen LogP) is 4.76. The lowest BCUT2D eigenvalue weighted by molar-refractivity contribution is 0.0734. The summed E-state index contributed by atoms with van der Waals surface area (Å²) in [4.78, 5) is 17.0. The van der Waals surface area contributed by atoms with Crippen LogP contribution in [0.25, 0.3) is 0 Å². The molecule has 0 saturated heterocycles. The average molecular weight is 404 g/mol. The fraction of sp³-hybridized carbons (Fsp3) is 0.240. The zero-order chi connectivity index (χ0) is 21.1. The van der Waals surface area contributed by atoms with Gasteiger partial charge < -0.3 is 14.9 Å². The number of carbonyl (C=O) groups excluding carboxylic acids is 1. The summed E-state index contributed by atoms with van der Waals surface area (Å²) >= 11 is 0. The van der Waals surface area contributed by atoms with Crippen molar-refractivity contribution in [1.29, 1.82) is 0 Å². The Kier molecular flexibility index (Phi) is 5.70. The number of benzene rings is 3. The van der Waals surface area contributed by atoms with Crippen LogP contribution in [0.15, 0.2) is 66.7 Å². The summed E-state index contributed by atoms with van der Waals surface area (Å²) in [5.74, 6) is -0.00875. The molecule has 0 atom stereocenters. The van der Waals surface area contributed by atoms with E-state index in [2.05, 4.69) is 11.8 Å². The van der Waals surface area contributed by atoms with Crippen LogP contribution < -0.4 is 4.90 Å². The van der Waals surface area contributed by atoms with Crippen molar-refractivity contribution in [1.82, 2.24) is 4.90 Å². The second-order valence-electron chi connectivity index (χ2n) is 7.62. The van der Waals surface area contributed by atoms with Crippen LogP contribution in [-0.4, -0.2) is 29.0 Å². The molecule has 0 fully saturated rings. The van der Waals surface area contributed by atoms with Crippen molar-refractivity contribution in [2.45, 2.75) is 26.4 Å². The van der Waals surface area contributed by atoms with Gasteiger partial charge >= 0.3 is 0 Å². The van der Waals surface area contributed by atoms with Crippen molar-refractivity contribution >= 4 is 11.6 Å². The maximum Gasteiger partial charge on any atom is 0.254 e. The first-order chi connectivity index (χ1) is 14.5. The maximum atomic E-state index is 13.1. The third kappa shape index (κ3) is 4.30. The number of anilines is 1. The first kappa shape index (κ1) is 20.0. The van der Waals surface area contributed by atoms with E-state index in [0.29, 0.717) is 25.2 Å². The molecule has 1 N–H and O–H groups in total. The van der Waals surface area contributed by atoms with Gasteiger partial charge in [0.05, 0.1) is 0 Å². The van der Waals surface area contributed by atoms with Gasteiger partial charge in [0.1, 0.15) is 11.6 Å². The number of nitrogens with zero attached hydrogens (tertiary/aromatic N) is 2. The van der Waals surface area contributed by atoms with E-state index >= 15 is 0 Å². The summed E-state index contributed by atoms with van der Waals surface area (Å²) in [5, 5.41) is 9.73. The van der Waals surface area contributed by atoms with Crippen LogP contribution in [0.2, 0.25) is 0 Å². The fourth-order valence-electron chi connectivity index (χ4n) is 3.91. The monoisotopic (exact) mass is 404 g/mol. The van der Waals surface area contributed by atoms with Crippen LogP contribution in [0.1, 0.15) is 34.0 Å². The third-order valence-corrected chi connectivity index (χ3v) is 5.64. The summed E-state index contributed by atoms with van der Waals surface area (Å²) in [6.45, 7) is 4.73. The molecule has 0 unspecified atom stereocenters. The SMILES string of the molecule is CCN(Cc1ccc(F)cc1)c1ccc(C(=O)N2CCc3ccc(O)cc3C2)cc1. The molecule has 1 aliphatic heterocycles. The van der Waals surface area contributed by atoms with Gasteiger partial charge in [-0.15, -0.1) is 0 Å². The van der Waals surface area contributed by atoms with Gasteiger partial charge in [-0.1, -0.05) is 18.2 Å². The summed E-state index contributed by atoms with van der Waals surface area (Å²) < 4.78 is 13.1. The van der Waals surface area contributed by atoms with Crippen LogP contribution >= 0.6 is 0 Å². The molecule has 0 aromatic heterocycles. The highest BCUT2D eigenvalue weighted by Crippen LogP contribution is 2.25. The summed E-state index contributed by atoms with van der Waals surface area (Å²) in [6, 6.07) is 19.6. The molecule has 4 nitrogen and oxygen atoms in total. The van der Waals surface area contributed by atoms with Crippen molar-refractivity contribution in [3.05, 3.63) is 94.8 Å². The zero-order valence-electron chi connectivity index (χ0n) is 17.0. The lowest BCUT2D eigenvalue weighted by Crippen LogP contribution is -2.35. The first-order valence-electron chi connectivity index (χ1n) is 10.2. The second-order valence-corrected chi connectivity index (χ2v) is 7.62. The molecule has 1 amide bonds. The van der Waals surface area contributed by atoms with Crippen molar-refractivity contribution in [2.24, 2.45) is 0 Å². The van der Waals surface area contributed by atoms with Crippen LogP contribution in [0.3, 0.4) is 0 Å². The van der Waals surface area contributed by atoms with Crippen LogP contribution in [0.5, 0.6) is 5.75 Å². The van der Waals surface area contributed by atoms with Crippen LogP contribution in [0, 0.1) is 5.82 Å². The minimum Gasteiger partial charge on any atom is -0.508 e. The Morgan fingerprint density at radius 3 is 2.47 bits per heavy atom. The standard InChI is InChI=1S/C25H25FN2O2/c1-2-27(16-18-3-8-22(26)9-4-18)23-10-5-20(6-11-23)25(30)28-14-13-19-7-12-24(29)15-21(19)17-28/h3-12,15,29H,2,13-14,16-17H2,1H3. The number of hydrogen-bond donors (Lipinski definition) is 1. The molecule has 0 aliphatic carbocycles. The molecule has 1 heterocycles. The summed E-state index contributed by atoms with van der Waals surface area (Å²) in [6.07, 6.45) is 0.792. The smallest absolute Gasteiger partial charge is 0.254 e. The van der Waals surface area contributed by atoms with Crippen molar-refractivity contribution in [3.8, 4) is 5.75 Å². The molecular formula is C25H25FN2O2. The van der Waals surface area contributed by atoms with Crippen LogP contribution in [-0.2, 0) is 19.5 Å². The van der Waals surface area contributed by atoms with Gasteiger partial charge in [0.15, 0.2) is 0 Å². The largest absolute Gasteiger partial charge is 0.508 e. The molecular weight excluding hydrogens is 379 g/mol. The zero-order valence-corrected chi connectivity index (χ0v) is 17.0. The molecule has 30 heavy (non-hydrogen) atoms. The fourth-order valence-corrected chi connectivity index (χ4v) is 3.91. The molecule has 0 spiro atoms. The highest BCUT2D eigenvalue weighted by atomic mass is 19.1. The Labute approximate surface area is 176 Å². The minimum atomic E-state index is -0.236. The van der Waals surface area contributed by atoms with E-state index in [9.17, 15) is 14.3 Å². The van der Waals surface area contributed by atoms with Crippen molar-refractivity contribution in [3.63, 3.8) is 0 Å². The predicted molar refractivity (Wildman–Crippen MR) is 116 cm³/mol. The Morgan fingerprint density at radius 2 is 1.77 bits per heavy atom. The molecule has 5 heteroatoms. The quantitative estimate of drug-likeness (QED) is 0.667. The number of amides is 1. The molecule has 154 valence electrons. The van der Waals surface area contributed by atoms with Gasteiger partial charge in [-0.3, -0.25) is 4.79 Å². The van der Waals surface area contributed by atoms with E-state index in [-0.39, 0.29) is 17.5 Å². The van der Waals surface area contributed by atoms with Gasteiger partial charge in [-0.05, 0) is 78.6 Å². The Morgan fingerprint density at radius 1 is 1.03 bits per heavy atom. The summed E-state index contributed by atoms with van der Waals surface area (Å²) in [5.41, 5.74) is 4.90. The van der Waals surface area contributed by atoms with E-state index in [0.717, 1.165) is 29.8 Å². The first-order valence-corrected chi connectivity index (χ1v) is 10.2. The van der Waals surface area contributed by atoms with Crippen molar-refractivity contribution < 1.29 is 14.3 Å². The van der Waals surface area contributed by atoms with Crippen LogP contribution in [0.4, 0.5) is 10.1 Å². The summed E-state index contributed by atoms with van der Waals surface area (Å²) in [7, 11) is 0. The number of carbonyl (C=O) groups is 1. The van der Waals surface area contributed by atoms with Gasteiger partial charge in [0, 0.05) is 37.4 Å². The van der Waals surface area contributed by atoms with E-state index in [1.165, 1.54) is 17.7 Å². The van der Waals surface area contributed by atoms with E-state index in [4.69, 9.17) is 0 Å². The van der Waals surface area contributed by atoms with E-state index < -0.39 is 0 Å². The van der Waals surface area contributed by atoms with Gasteiger partial charge in [-0.25, -0.2) is 4.39 Å². The average Bonchev–Trinajstić information content (AvgIpc) is 2.78. The van der Waals surface area contributed by atoms with E-state index in [1.54, 1.807) is 24.3 Å². The number of hydrogen-bond acceptors (Lipinski definition) is 3. The number of halogens is 1. The maximum absolute atomic E-state index is 13.1. The number of fused-ring (bicyclic) bond motifs is 1. The molecule has 0 radical (unpaired) electrons. The number of phenols is 1. The highest BCUT2D eigenvalue weighted by Gasteiger charge is 2.22. The molecule has 4 rings (SSSR count). The second kappa shape index (κ2) is 8.57. The van der Waals surface area contributed by atoms with Gasteiger partial charge in [0.2, 0.25) is 0 Å². The minimum absolute atomic E-state index is 0.00266. The number of rotatable bonds is 5. The Balaban J connectivity index is 1.46. The van der Waals surface area contributed by atoms with Gasteiger partial charge in [0.25, 0.3) is 5.91 Å². The Bertz CT molecular complexity index is 1030. The Hall–Kier alpha value is -3.34. The normalized spacial score (nSPS) is 13.1. The lowest BCUT2D eigenvalue weighted by Gasteiger charge is -2.29. The third-order valence-electron chi connectivity index (χ3n) is 5.64. The molecule has 0 bridgehead atoms. The highest BCUT2D eigenvalue weighted by molar-refractivity contribution is 5.94. The van der Waals surface area contributed by atoms with Gasteiger partial charge in [-0.2, -0.15) is 0 Å². The van der Waals surface area contributed by atoms with E-state index in [1.807, 2.05) is 35.2 Å². The molecule has 3 aromatic carbocycles. The molecule has 3 aromatic rings. The molecule has 0 saturated carbocycles. The number of phenolic OH excluding ortho intramolecular Hbond substituents is 1.